The van der Waals surface area contributed by atoms with E-state index in [1.54, 1.807) is 6.08 Å². The first kappa shape index (κ1) is 10.4. The summed E-state index contributed by atoms with van der Waals surface area (Å²) in [6, 6.07) is 3.88. The van der Waals surface area contributed by atoms with E-state index in [0.29, 0.717) is 6.54 Å². The summed E-state index contributed by atoms with van der Waals surface area (Å²) in [6.07, 6.45) is 3.65. The van der Waals surface area contributed by atoms with Gasteiger partial charge < -0.3 is 9.90 Å². The van der Waals surface area contributed by atoms with Crippen LogP contribution in [0.3, 0.4) is 0 Å². The molecule has 0 fully saturated rings. The number of aromatic nitrogens is 1. The molecule has 1 aromatic heterocycles. The minimum Gasteiger partial charge on any atom is -0.550 e. The standard InChI is InChI=1S/C11H13NO2/c1-3-10-5-4-9(2)12(8-10)7-6-11(13)14/h3-5,8H,1,6-7H2,2H3. The second-order valence-electron chi connectivity index (χ2n) is 3.12. The Hall–Kier alpha value is -1.64. The van der Waals surface area contributed by atoms with Gasteiger partial charge in [-0.3, -0.25) is 0 Å². The van der Waals surface area contributed by atoms with Crippen LogP contribution in [-0.2, 0) is 11.3 Å². The highest BCUT2D eigenvalue weighted by Crippen LogP contribution is 1.99. The van der Waals surface area contributed by atoms with E-state index >= 15 is 0 Å². The fourth-order valence-electron chi connectivity index (χ4n) is 1.21. The van der Waals surface area contributed by atoms with Crippen molar-refractivity contribution >= 4 is 12.0 Å². The maximum absolute atomic E-state index is 10.3. The molecule has 3 heteroatoms. The summed E-state index contributed by atoms with van der Waals surface area (Å²) in [6.45, 7) is 6.03. The van der Waals surface area contributed by atoms with Crippen molar-refractivity contribution in [1.29, 1.82) is 0 Å². The quantitative estimate of drug-likeness (QED) is 0.632. The lowest BCUT2D eigenvalue weighted by molar-refractivity contribution is -0.702. The van der Waals surface area contributed by atoms with Gasteiger partial charge in [-0.1, -0.05) is 12.7 Å². The van der Waals surface area contributed by atoms with Crippen LogP contribution in [0.4, 0.5) is 0 Å². The summed E-state index contributed by atoms with van der Waals surface area (Å²) in [4.78, 5) is 10.3. The van der Waals surface area contributed by atoms with E-state index in [4.69, 9.17) is 0 Å². The van der Waals surface area contributed by atoms with Gasteiger partial charge in [-0.05, 0) is 6.07 Å². The summed E-state index contributed by atoms with van der Waals surface area (Å²) < 4.78 is 1.88. The van der Waals surface area contributed by atoms with E-state index in [0.717, 1.165) is 11.3 Å². The summed E-state index contributed by atoms with van der Waals surface area (Å²) in [5.41, 5.74) is 2.01. The molecule has 1 heterocycles. The summed E-state index contributed by atoms with van der Waals surface area (Å²) in [7, 11) is 0. The van der Waals surface area contributed by atoms with E-state index in [2.05, 4.69) is 6.58 Å². The molecule has 14 heavy (non-hydrogen) atoms. The molecule has 0 aromatic carbocycles. The van der Waals surface area contributed by atoms with Gasteiger partial charge in [0.1, 0.15) is 0 Å². The van der Waals surface area contributed by atoms with Gasteiger partial charge in [0.15, 0.2) is 18.4 Å². The first-order chi connectivity index (χ1) is 6.63. The number of carboxylic acid groups (broad SMARTS) is 1. The molecule has 0 unspecified atom stereocenters. The van der Waals surface area contributed by atoms with Crippen LogP contribution in [-0.4, -0.2) is 5.97 Å². The lowest BCUT2D eigenvalue weighted by atomic mass is 10.2. The first-order valence-electron chi connectivity index (χ1n) is 4.46. The van der Waals surface area contributed by atoms with E-state index in [1.807, 2.05) is 29.8 Å². The predicted molar refractivity (Wildman–Crippen MR) is 51.1 cm³/mol. The Balaban J connectivity index is 2.83. The Kier molecular flexibility index (Phi) is 3.40. The highest BCUT2D eigenvalue weighted by atomic mass is 16.4. The second-order valence-corrected chi connectivity index (χ2v) is 3.12. The normalized spacial score (nSPS) is 9.79. The Morgan fingerprint density at radius 3 is 2.93 bits per heavy atom. The smallest absolute Gasteiger partial charge is 0.178 e. The largest absolute Gasteiger partial charge is 0.550 e. The SMILES string of the molecule is C=Cc1ccc(C)[n+](CCC(=O)[O-])c1. The Morgan fingerprint density at radius 1 is 1.64 bits per heavy atom. The zero-order chi connectivity index (χ0) is 10.6. The van der Waals surface area contributed by atoms with Crippen molar-refractivity contribution in [2.75, 3.05) is 0 Å². The minimum atomic E-state index is -1.03. The third kappa shape index (κ3) is 2.69. The highest BCUT2D eigenvalue weighted by molar-refractivity contribution is 5.63. The van der Waals surface area contributed by atoms with Crippen LogP contribution in [0, 0.1) is 6.92 Å². The molecule has 0 atom stereocenters. The van der Waals surface area contributed by atoms with E-state index < -0.39 is 5.97 Å². The van der Waals surface area contributed by atoms with E-state index in [9.17, 15) is 9.90 Å². The molecular formula is C11H13NO2. The van der Waals surface area contributed by atoms with Crippen LogP contribution in [0.15, 0.2) is 24.9 Å². The van der Waals surface area contributed by atoms with Crippen molar-refractivity contribution in [3.63, 3.8) is 0 Å². The van der Waals surface area contributed by atoms with E-state index in [1.165, 1.54) is 0 Å². The van der Waals surface area contributed by atoms with Crippen molar-refractivity contribution < 1.29 is 14.5 Å². The van der Waals surface area contributed by atoms with Gasteiger partial charge in [0.05, 0.1) is 0 Å². The lowest BCUT2D eigenvalue weighted by Crippen LogP contribution is -2.40. The van der Waals surface area contributed by atoms with Gasteiger partial charge in [-0.2, -0.15) is 0 Å². The monoisotopic (exact) mass is 191 g/mol. The summed E-state index contributed by atoms with van der Waals surface area (Å²) in [5, 5.41) is 10.3. The van der Waals surface area contributed by atoms with Crippen LogP contribution >= 0.6 is 0 Å². The Bertz CT molecular complexity index is 358. The zero-order valence-corrected chi connectivity index (χ0v) is 8.19. The highest BCUT2D eigenvalue weighted by Gasteiger charge is 2.05. The molecule has 0 bridgehead atoms. The fraction of sp³-hybridized carbons (Fsp3) is 0.273. The fourth-order valence-corrected chi connectivity index (χ4v) is 1.21. The summed E-state index contributed by atoms with van der Waals surface area (Å²) >= 11 is 0. The average molecular weight is 191 g/mol. The number of rotatable bonds is 4. The second kappa shape index (κ2) is 4.56. The number of pyridine rings is 1. The molecule has 0 aliphatic rings. The maximum atomic E-state index is 10.3. The van der Waals surface area contributed by atoms with E-state index in [-0.39, 0.29) is 6.42 Å². The number of aliphatic carboxylic acids is 1. The Labute approximate surface area is 83.3 Å². The molecule has 0 aliphatic heterocycles. The van der Waals surface area contributed by atoms with Crippen molar-refractivity contribution in [3.8, 4) is 0 Å². The first-order valence-corrected chi connectivity index (χ1v) is 4.46. The zero-order valence-electron chi connectivity index (χ0n) is 8.19. The molecule has 0 amide bonds. The lowest BCUT2D eigenvalue weighted by Gasteiger charge is -2.02. The average Bonchev–Trinajstić information content (AvgIpc) is 2.16. The number of nitrogens with zero attached hydrogens (tertiary/aromatic N) is 1. The Morgan fingerprint density at radius 2 is 2.36 bits per heavy atom. The van der Waals surface area contributed by atoms with Crippen LogP contribution in [0.2, 0.25) is 0 Å². The molecule has 0 radical (unpaired) electrons. The van der Waals surface area contributed by atoms with Crippen LogP contribution in [0.1, 0.15) is 17.7 Å². The van der Waals surface area contributed by atoms with Gasteiger partial charge in [-0.15, -0.1) is 0 Å². The van der Waals surface area contributed by atoms with Gasteiger partial charge in [0, 0.05) is 30.9 Å². The van der Waals surface area contributed by atoms with Gasteiger partial charge in [0.25, 0.3) is 0 Å². The third-order valence-corrected chi connectivity index (χ3v) is 2.07. The van der Waals surface area contributed by atoms with Crippen molar-refractivity contribution in [2.45, 2.75) is 19.9 Å². The molecule has 74 valence electrons. The number of carboxylic acids is 1. The summed E-state index contributed by atoms with van der Waals surface area (Å²) in [5.74, 6) is -1.03. The predicted octanol–water partition coefficient (Wildman–Crippen LogP) is 0.0655. The number of carbonyl (C=O) groups is 1. The number of carbonyl (C=O) groups excluding carboxylic acids is 1. The number of hydrogen-bond acceptors (Lipinski definition) is 2. The topological polar surface area (TPSA) is 44.0 Å². The molecule has 3 nitrogen and oxygen atoms in total. The molecule has 0 saturated carbocycles. The number of aryl methyl sites for hydroxylation is 2. The third-order valence-electron chi connectivity index (χ3n) is 2.07. The minimum absolute atomic E-state index is 0.0338. The maximum Gasteiger partial charge on any atom is 0.178 e. The molecule has 1 rings (SSSR count). The van der Waals surface area contributed by atoms with Crippen LogP contribution in [0.25, 0.3) is 6.08 Å². The molecular weight excluding hydrogens is 178 g/mol. The van der Waals surface area contributed by atoms with Crippen molar-refractivity contribution in [3.05, 3.63) is 36.2 Å². The molecule has 0 N–H and O–H groups in total. The van der Waals surface area contributed by atoms with Crippen molar-refractivity contribution in [2.24, 2.45) is 0 Å². The molecule has 0 saturated heterocycles. The van der Waals surface area contributed by atoms with Gasteiger partial charge >= 0.3 is 0 Å². The van der Waals surface area contributed by atoms with Gasteiger partial charge in [0.2, 0.25) is 0 Å². The number of hydrogen-bond donors (Lipinski definition) is 0. The molecule has 0 spiro atoms. The van der Waals surface area contributed by atoms with Crippen molar-refractivity contribution in [1.82, 2.24) is 0 Å². The molecule has 0 aliphatic carbocycles. The van der Waals surface area contributed by atoms with Gasteiger partial charge in [-0.25, -0.2) is 4.57 Å². The molecule has 1 aromatic rings. The van der Waals surface area contributed by atoms with Crippen LogP contribution in [0.5, 0.6) is 0 Å². The van der Waals surface area contributed by atoms with Crippen LogP contribution < -0.4 is 9.67 Å².